The van der Waals surface area contributed by atoms with Crippen LogP contribution in [-0.4, -0.2) is 61.1 Å². The van der Waals surface area contributed by atoms with Gasteiger partial charge in [-0.05, 0) is 50.2 Å². The van der Waals surface area contributed by atoms with E-state index in [0.29, 0.717) is 23.4 Å². The van der Waals surface area contributed by atoms with Gasteiger partial charge in [-0.25, -0.2) is 14.4 Å². The number of carbonyl (C=O) groups is 1. The fourth-order valence-electron chi connectivity index (χ4n) is 3.82. The Morgan fingerprint density at radius 3 is 2.62 bits per heavy atom. The van der Waals surface area contributed by atoms with E-state index in [0.717, 1.165) is 48.7 Å². The highest BCUT2D eigenvalue weighted by Crippen LogP contribution is 2.24. The lowest BCUT2D eigenvalue weighted by Crippen LogP contribution is -2.45. The third kappa shape index (κ3) is 4.96. The van der Waals surface area contributed by atoms with Crippen LogP contribution in [0.15, 0.2) is 36.4 Å². The molecule has 1 saturated heterocycles. The van der Waals surface area contributed by atoms with Crippen molar-refractivity contribution in [1.29, 1.82) is 0 Å². The molecule has 0 radical (unpaired) electrons. The van der Waals surface area contributed by atoms with Crippen molar-refractivity contribution in [2.24, 2.45) is 0 Å². The summed E-state index contributed by atoms with van der Waals surface area (Å²) < 4.78 is 19.1. The van der Waals surface area contributed by atoms with E-state index in [1.165, 1.54) is 13.2 Å². The highest BCUT2D eigenvalue weighted by Gasteiger charge is 2.18. The van der Waals surface area contributed by atoms with Crippen LogP contribution in [0.3, 0.4) is 0 Å². The van der Waals surface area contributed by atoms with E-state index in [1.54, 1.807) is 12.1 Å². The van der Waals surface area contributed by atoms with E-state index in [1.807, 2.05) is 25.1 Å². The Labute approximate surface area is 187 Å². The van der Waals surface area contributed by atoms with Crippen molar-refractivity contribution in [2.75, 3.05) is 50.6 Å². The van der Waals surface area contributed by atoms with Crippen LogP contribution < -0.4 is 15.0 Å². The third-order valence-corrected chi connectivity index (χ3v) is 5.83. The maximum absolute atomic E-state index is 14.1. The molecule has 0 bridgehead atoms. The summed E-state index contributed by atoms with van der Waals surface area (Å²) in [6, 6.07) is 10.3. The smallest absolute Gasteiger partial charge is 0.226 e. The number of aryl methyl sites for hydroxylation is 2. The molecule has 0 unspecified atom stereocenters. The standard InChI is InChI=1S/C24H28FN5O2/c1-16-20-14-18(27-23(31)9-5-17-4-7-19(32-3)15-21(17)25)6-8-22(20)28-24(26-16)30-12-10-29(2)11-13-30/h4,6-8,14-15H,5,9-13H2,1-3H3,(H,27,31). The van der Waals surface area contributed by atoms with E-state index in [2.05, 4.69) is 22.2 Å². The fraction of sp³-hybridized carbons (Fsp3) is 0.375. The number of carbonyl (C=O) groups excluding carboxylic acids is 1. The van der Waals surface area contributed by atoms with Gasteiger partial charge >= 0.3 is 0 Å². The number of aromatic nitrogens is 2. The molecule has 7 nitrogen and oxygen atoms in total. The molecule has 1 fully saturated rings. The van der Waals surface area contributed by atoms with Crippen LogP contribution in [0, 0.1) is 12.7 Å². The van der Waals surface area contributed by atoms with Gasteiger partial charge in [0.2, 0.25) is 11.9 Å². The Bertz CT molecular complexity index is 1130. The summed E-state index contributed by atoms with van der Waals surface area (Å²) in [5, 5.41) is 3.80. The van der Waals surface area contributed by atoms with Gasteiger partial charge in [0.05, 0.1) is 18.3 Å². The Balaban J connectivity index is 1.42. The van der Waals surface area contributed by atoms with Gasteiger partial charge in [0, 0.05) is 49.7 Å². The summed E-state index contributed by atoms with van der Waals surface area (Å²) in [4.78, 5) is 26.4. The molecular formula is C24H28FN5O2. The van der Waals surface area contributed by atoms with E-state index in [4.69, 9.17) is 14.7 Å². The molecule has 4 rings (SSSR count). The zero-order valence-corrected chi connectivity index (χ0v) is 18.7. The van der Waals surface area contributed by atoms with Crippen LogP contribution in [0.4, 0.5) is 16.0 Å². The average molecular weight is 438 g/mol. The van der Waals surface area contributed by atoms with Crippen LogP contribution in [0.25, 0.3) is 10.9 Å². The average Bonchev–Trinajstić information content (AvgIpc) is 2.79. The maximum Gasteiger partial charge on any atom is 0.226 e. The van der Waals surface area contributed by atoms with Crippen molar-refractivity contribution in [1.82, 2.24) is 14.9 Å². The van der Waals surface area contributed by atoms with Crippen LogP contribution in [0.5, 0.6) is 5.75 Å². The number of nitrogens with zero attached hydrogens (tertiary/aromatic N) is 4. The second-order valence-corrected chi connectivity index (χ2v) is 8.14. The number of amides is 1. The minimum Gasteiger partial charge on any atom is -0.497 e. The molecule has 1 N–H and O–H groups in total. The van der Waals surface area contributed by atoms with Gasteiger partial charge in [0.15, 0.2) is 0 Å². The first-order valence-corrected chi connectivity index (χ1v) is 10.8. The molecule has 32 heavy (non-hydrogen) atoms. The van der Waals surface area contributed by atoms with Crippen molar-refractivity contribution < 1.29 is 13.9 Å². The topological polar surface area (TPSA) is 70.6 Å². The summed E-state index contributed by atoms with van der Waals surface area (Å²) in [5.74, 6) is 0.667. The number of anilines is 2. The van der Waals surface area contributed by atoms with Gasteiger partial charge in [-0.15, -0.1) is 0 Å². The van der Waals surface area contributed by atoms with Crippen molar-refractivity contribution >= 4 is 28.4 Å². The second kappa shape index (κ2) is 9.48. The minimum atomic E-state index is -0.369. The molecule has 8 heteroatoms. The summed E-state index contributed by atoms with van der Waals surface area (Å²) in [7, 11) is 3.61. The highest BCUT2D eigenvalue weighted by molar-refractivity contribution is 5.94. The summed E-state index contributed by atoms with van der Waals surface area (Å²) in [6.45, 7) is 5.76. The zero-order valence-electron chi connectivity index (χ0n) is 18.7. The van der Waals surface area contributed by atoms with Crippen LogP contribution in [0.2, 0.25) is 0 Å². The first-order chi connectivity index (χ1) is 15.4. The van der Waals surface area contributed by atoms with Crippen molar-refractivity contribution in [2.45, 2.75) is 19.8 Å². The first kappa shape index (κ1) is 22.0. The van der Waals surface area contributed by atoms with Gasteiger partial charge in [-0.3, -0.25) is 4.79 Å². The number of nitrogens with one attached hydrogen (secondary N) is 1. The number of likely N-dealkylation sites (N-methyl/N-ethyl adjacent to an activating group) is 1. The Morgan fingerprint density at radius 1 is 1.12 bits per heavy atom. The van der Waals surface area contributed by atoms with Crippen LogP contribution >= 0.6 is 0 Å². The van der Waals surface area contributed by atoms with Crippen molar-refractivity contribution in [3.8, 4) is 5.75 Å². The number of hydrogen-bond acceptors (Lipinski definition) is 6. The quantitative estimate of drug-likeness (QED) is 0.637. The van der Waals surface area contributed by atoms with Crippen LogP contribution in [0.1, 0.15) is 17.7 Å². The zero-order chi connectivity index (χ0) is 22.7. The molecule has 2 heterocycles. The predicted octanol–water partition coefficient (Wildman–Crippen LogP) is 3.41. The number of piperazine rings is 1. The Hall–Kier alpha value is -3.26. The molecular weight excluding hydrogens is 409 g/mol. The largest absolute Gasteiger partial charge is 0.497 e. The van der Waals surface area contributed by atoms with Crippen molar-refractivity contribution in [3.63, 3.8) is 0 Å². The molecule has 1 aromatic heterocycles. The predicted molar refractivity (Wildman–Crippen MR) is 124 cm³/mol. The highest BCUT2D eigenvalue weighted by atomic mass is 19.1. The van der Waals surface area contributed by atoms with Gasteiger partial charge in [0.25, 0.3) is 0 Å². The monoisotopic (exact) mass is 437 g/mol. The third-order valence-electron chi connectivity index (χ3n) is 5.83. The number of rotatable bonds is 6. The Morgan fingerprint density at radius 2 is 1.91 bits per heavy atom. The molecule has 3 aromatic rings. The summed E-state index contributed by atoms with van der Waals surface area (Å²) in [5.41, 5.74) is 2.89. The second-order valence-electron chi connectivity index (χ2n) is 8.14. The van der Waals surface area contributed by atoms with Gasteiger partial charge in [-0.1, -0.05) is 6.07 Å². The lowest BCUT2D eigenvalue weighted by Gasteiger charge is -2.32. The van der Waals surface area contributed by atoms with Crippen molar-refractivity contribution in [3.05, 3.63) is 53.5 Å². The molecule has 2 aromatic carbocycles. The van der Waals surface area contributed by atoms with E-state index in [-0.39, 0.29) is 18.1 Å². The fourth-order valence-corrected chi connectivity index (χ4v) is 3.82. The number of benzene rings is 2. The van der Waals surface area contributed by atoms with Gasteiger partial charge < -0.3 is 19.9 Å². The van der Waals surface area contributed by atoms with E-state index >= 15 is 0 Å². The van der Waals surface area contributed by atoms with Gasteiger partial charge in [-0.2, -0.15) is 0 Å². The Kier molecular flexibility index (Phi) is 6.50. The molecule has 0 spiro atoms. The molecule has 168 valence electrons. The number of ether oxygens (including phenoxy) is 1. The molecule has 0 atom stereocenters. The SMILES string of the molecule is COc1ccc(CCC(=O)Nc2ccc3nc(N4CCN(C)CC4)nc(C)c3c2)c(F)c1. The molecule has 1 aliphatic heterocycles. The summed E-state index contributed by atoms with van der Waals surface area (Å²) >= 11 is 0. The maximum atomic E-state index is 14.1. The molecule has 1 aliphatic rings. The minimum absolute atomic E-state index is 0.174. The lowest BCUT2D eigenvalue weighted by atomic mass is 10.1. The summed E-state index contributed by atoms with van der Waals surface area (Å²) in [6.07, 6.45) is 0.491. The van der Waals surface area contributed by atoms with Crippen LogP contribution in [-0.2, 0) is 11.2 Å². The van der Waals surface area contributed by atoms with Gasteiger partial charge in [0.1, 0.15) is 11.6 Å². The van der Waals surface area contributed by atoms with E-state index < -0.39 is 0 Å². The van der Waals surface area contributed by atoms with E-state index in [9.17, 15) is 9.18 Å². The first-order valence-electron chi connectivity index (χ1n) is 10.8. The lowest BCUT2D eigenvalue weighted by molar-refractivity contribution is -0.116. The number of methoxy groups -OCH3 is 1. The molecule has 1 amide bonds. The number of fused-ring (bicyclic) bond motifs is 1. The number of hydrogen-bond donors (Lipinski definition) is 1. The number of halogens is 1. The normalized spacial score (nSPS) is 14.6. The molecule has 0 aliphatic carbocycles. The molecule has 0 saturated carbocycles.